The Morgan fingerprint density at radius 1 is 0.919 bits per heavy atom. The van der Waals surface area contributed by atoms with Crippen LogP contribution in [0.1, 0.15) is 36.7 Å². The van der Waals surface area contributed by atoms with Crippen LogP contribution in [0.5, 0.6) is 0 Å². The van der Waals surface area contributed by atoms with E-state index in [1.165, 1.54) is 0 Å². The SMILES string of the molecule is O=C(CCc1nc2ccccc2c(=O)n1C1CC1)OCc1cn(-c2ccccc2)nc1-c1ccccc1. The molecule has 5 aromatic rings. The zero-order chi connectivity index (χ0) is 25.2. The minimum atomic E-state index is -0.337. The molecule has 1 aliphatic carbocycles. The quantitative estimate of drug-likeness (QED) is 0.277. The van der Waals surface area contributed by atoms with Gasteiger partial charge in [-0.2, -0.15) is 5.10 Å². The third-order valence-electron chi connectivity index (χ3n) is 6.59. The van der Waals surface area contributed by atoms with Gasteiger partial charge in [0.25, 0.3) is 5.56 Å². The Morgan fingerprint density at radius 2 is 1.62 bits per heavy atom. The molecule has 0 unspecified atom stereocenters. The molecule has 6 rings (SSSR count). The summed E-state index contributed by atoms with van der Waals surface area (Å²) in [6, 6.07) is 27.2. The largest absolute Gasteiger partial charge is 0.461 e. The molecule has 7 nitrogen and oxygen atoms in total. The lowest BCUT2D eigenvalue weighted by Gasteiger charge is -2.12. The topological polar surface area (TPSA) is 79.0 Å². The van der Waals surface area contributed by atoms with E-state index in [9.17, 15) is 9.59 Å². The molecule has 7 heteroatoms. The first-order valence-corrected chi connectivity index (χ1v) is 12.5. The van der Waals surface area contributed by atoms with Crippen molar-refractivity contribution in [2.45, 2.75) is 38.3 Å². The molecule has 0 bridgehead atoms. The number of aryl methyl sites for hydroxylation is 1. The highest BCUT2D eigenvalue weighted by Crippen LogP contribution is 2.35. The molecule has 0 radical (unpaired) electrons. The third-order valence-corrected chi connectivity index (χ3v) is 6.59. The number of hydrogen-bond acceptors (Lipinski definition) is 5. The van der Waals surface area contributed by atoms with Gasteiger partial charge >= 0.3 is 5.97 Å². The fourth-order valence-electron chi connectivity index (χ4n) is 4.59. The molecule has 1 aliphatic rings. The van der Waals surface area contributed by atoms with Gasteiger partial charge in [-0.15, -0.1) is 0 Å². The van der Waals surface area contributed by atoms with E-state index >= 15 is 0 Å². The summed E-state index contributed by atoms with van der Waals surface area (Å²) in [5.74, 6) is 0.307. The second kappa shape index (κ2) is 9.85. The lowest BCUT2D eigenvalue weighted by atomic mass is 10.1. The second-order valence-corrected chi connectivity index (χ2v) is 9.26. The van der Waals surface area contributed by atoms with Crippen molar-refractivity contribution < 1.29 is 9.53 Å². The lowest BCUT2D eigenvalue weighted by molar-refractivity contribution is -0.144. The fraction of sp³-hybridized carbons (Fsp3) is 0.200. The molecule has 3 aromatic carbocycles. The van der Waals surface area contributed by atoms with Gasteiger partial charge in [-0.25, -0.2) is 9.67 Å². The van der Waals surface area contributed by atoms with Crippen molar-refractivity contribution in [1.82, 2.24) is 19.3 Å². The maximum absolute atomic E-state index is 13.1. The highest BCUT2D eigenvalue weighted by molar-refractivity contribution is 5.77. The van der Waals surface area contributed by atoms with Crippen LogP contribution in [0.25, 0.3) is 27.8 Å². The number of hydrogen-bond donors (Lipinski definition) is 0. The van der Waals surface area contributed by atoms with E-state index in [-0.39, 0.29) is 30.6 Å². The van der Waals surface area contributed by atoms with Crippen LogP contribution >= 0.6 is 0 Å². The van der Waals surface area contributed by atoms with Crippen LogP contribution in [0.2, 0.25) is 0 Å². The Kier molecular flexibility index (Phi) is 6.10. The average molecular weight is 491 g/mol. The third kappa shape index (κ3) is 4.80. The van der Waals surface area contributed by atoms with Crippen molar-refractivity contribution in [1.29, 1.82) is 0 Å². The number of ether oxygens (including phenoxy) is 1. The highest BCUT2D eigenvalue weighted by Gasteiger charge is 2.28. The standard InChI is InChI=1S/C30H26N4O3/c35-28(18-17-27-31-26-14-8-7-13-25(26)30(36)34(27)24-15-16-24)37-20-22-19-33(23-11-5-2-6-12-23)32-29(22)21-9-3-1-4-10-21/h1-14,19,24H,15-18,20H2. The maximum atomic E-state index is 13.1. The van der Waals surface area contributed by atoms with Crippen LogP contribution in [0.15, 0.2) is 95.9 Å². The number of para-hydroxylation sites is 2. The molecule has 1 fully saturated rings. The van der Waals surface area contributed by atoms with E-state index < -0.39 is 0 Å². The van der Waals surface area contributed by atoms with Crippen LogP contribution in [-0.4, -0.2) is 25.3 Å². The van der Waals surface area contributed by atoms with E-state index in [4.69, 9.17) is 14.8 Å². The number of aromatic nitrogens is 4. The monoisotopic (exact) mass is 490 g/mol. The molecule has 0 saturated heterocycles. The van der Waals surface area contributed by atoms with E-state index in [2.05, 4.69) is 0 Å². The van der Waals surface area contributed by atoms with Crippen molar-refractivity contribution in [3.63, 3.8) is 0 Å². The molecule has 184 valence electrons. The summed E-state index contributed by atoms with van der Waals surface area (Å²) in [7, 11) is 0. The van der Waals surface area contributed by atoms with Crippen LogP contribution in [0.4, 0.5) is 0 Å². The van der Waals surface area contributed by atoms with Gasteiger partial charge in [0.05, 0.1) is 28.7 Å². The molecule has 0 spiro atoms. The number of fused-ring (bicyclic) bond motifs is 1. The summed E-state index contributed by atoms with van der Waals surface area (Å²) >= 11 is 0. The number of esters is 1. The summed E-state index contributed by atoms with van der Waals surface area (Å²) in [6.07, 6.45) is 4.33. The van der Waals surface area contributed by atoms with Crippen molar-refractivity contribution in [3.8, 4) is 16.9 Å². The number of carbonyl (C=O) groups is 1. The van der Waals surface area contributed by atoms with Gasteiger partial charge in [0, 0.05) is 29.8 Å². The van der Waals surface area contributed by atoms with Crippen LogP contribution in [-0.2, 0) is 22.6 Å². The molecule has 1 saturated carbocycles. The Hall–Kier alpha value is -4.52. The zero-order valence-electron chi connectivity index (χ0n) is 20.3. The van der Waals surface area contributed by atoms with Crippen molar-refractivity contribution in [3.05, 3.63) is 113 Å². The Morgan fingerprint density at radius 3 is 2.38 bits per heavy atom. The van der Waals surface area contributed by atoms with Gasteiger partial charge < -0.3 is 4.74 Å². The zero-order valence-corrected chi connectivity index (χ0v) is 20.3. The summed E-state index contributed by atoms with van der Waals surface area (Å²) in [5, 5.41) is 5.39. The minimum Gasteiger partial charge on any atom is -0.461 e. The van der Waals surface area contributed by atoms with Gasteiger partial charge in [0.15, 0.2) is 0 Å². The minimum absolute atomic E-state index is 0.0303. The van der Waals surface area contributed by atoms with Crippen LogP contribution < -0.4 is 5.56 Å². The first kappa shape index (κ1) is 22.9. The number of nitrogens with zero attached hydrogens (tertiary/aromatic N) is 4. The molecule has 0 aliphatic heterocycles. The molecule has 37 heavy (non-hydrogen) atoms. The molecule has 0 amide bonds. The average Bonchev–Trinajstić information content (AvgIpc) is 3.69. The number of rotatable bonds is 8. The number of carbonyl (C=O) groups excluding carboxylic acids is 1. The van der Waals surface area contributed by atoms with E-state index in [0.29, 0.717) is 23.1 Å². The smallest absolute Gasteiger partial charge is 0.306 e. The van der Waals surface area contributed by atoms with Gasteiger partial charge in [0.1, 0.15) is 12.4 Å². The molecular formula is C30H26N4O3. The van der Waals surface area contributed by atoms with Crippen LogP contribution in [0.3, 0.4) is 0 Å². The fourth-order valence-corrected chi connectivity index (χ4v) is 4.59. The summed E-state index contributed by atoms with van der Waals surface area (Å²) in [4.78, 5) is 30.6. The first-order valence-electron chi connectivity index (χ1n) is 12.5. The Labute approximate surface area is 214 Å². The van der Waals surface area contributed by atoms with Crippen LogP contribution in [0, 0.1) is 0 Å². The molecule has 2 heterocycles. The van der Waals surface area contributed by atoms with E-state index in [1.54, 1.807) is 9.25 Å². The molecule has 0 N–H and O–H groups in total. The predicted octanol–water partition coefficient (Wildman–Crippen LogP) is 5.26. The highest BCUT2D eigenvalue weighted by atomic mass is 16.5. The summed E-state index contributed by atoms with van der Waals surface area (Å²) in [5.41, 5.74) is 4.11. The van der Waals surface area contributed by atoms with Gasteiger partial charge in [-0.1, -0.05) is 60.7 Å². The molecular weight excluding hydrogens is 464 g/mol. The summed E-state index contributed by atoms with van der Waals surface area (Å²) < 4.78 is 9.26. The first-order chi connectivity index (χ1) is 18.2. The van der Waals surface area contributed by atoms with Gasteiger partial charge in [0.2, 0.25) is 0 Å². The van der Waals surface area contributed by atoms with E-state index in [0.717, 1.165) is 35.3 Å². The normalized spacial score (nSPS) is 13.1. The van der Waals surface area contributed by atoms with E-state index in [1.807, 2.05) is 91.1 Å². The van der Waals surface area contributed by atoms with Crippen molar-refractivity contribution >= 4 is 16.9 Å². The lowest BCUT2D eigenvalue weighted by Crippen LogP contribution is -2.25. The molecule has 2 aromatic heterocycles. The van der Waals surface area contributed by atoms with Gasteiger partial charge in [-0.05, 0) is 37.1 Å². The van der Waals surface area contributed by atoms with Crippen molar-refractivity contribution in [2.24, 2.45) is 0 Å². The predicted molar refractivity (Wildman–Crippen MR) is 141 cm³/mol. The Balaban J connectivity index is 1.20. The number of benzene rings is 3. The van der Waals surface area contributed by atoms with Gasteiger partial charge in [-0.3, -0.25) is 14.2 Å². The molecule has 0 atom stereocenters. The maximum Gasteiger partial charge on any atom is 0.306 e. The summed E-state index contributed by atoms with van der Waals surface area (Å²) in [6.45, 7) is 0.108. The Bertz CT molecular complexity index is 1620. The van der Waals surface area contributed by atoms with Crippen molar-refractivity contribution in [2.75, 3.05) is 0 Å². The second-order valence-electron chi connectivity index (χ2n) is 9.26.